The summed E-state index contributed by atoms with van der Waals surface area (Å²) in [6, 6.07) is 12.3. The fraction of sp³-hybridized carbons (Fsp3) is 0.280. The predicted octanol–water partition coefficient (Wildman–Crippen LogP) is 5.82. The zero-order chi connectivity index (χ0) is 26.3. The minimum atomic E-state index is -4.02. The molecule has 2 heterocycles. The number of anilines is 2. The molecule has 0 saturated carbocycles. The molecule has 0 spiro atoms. The van der Waals surface area contributed by atoms with Crippen LogP contribution in [0.4, 0.5) is 11.4 Å². The average molecular weight is 569 g/mol. The van der Waals surface area contributed by atoms with E-state index in [4.69, 9.17) is 34.8 Å². The Kier molecular flexibility index (Phi) is 7.55. The van der Waals surface area contributed by atoms with Crippen LogP contribution >= 0.6 is 34.8 Å². The topological polar surface area (TPSA) is 99.6 Å². The molecule has 1 atom stereocenters. The maximum Gasteiger partial charge on any atom is 0.264 e. The number of fused-ring (bicyclic) bond motifs is 1. The molecule has 1 amide bonds. The highest BCUT2D eigenvalue weighted by atomic mass is 35.5. The number of aliphatic hydroxyl groups is 1. The van der Waals surface area contributed by atoms with Gasteiger partial charge in [-0.15, -0.1) is 0 Å². The number of nitrogens with one attached hydrogen (secondary N) is 1. The van der Waals surface area contributed by atoms with Gasteiger partial charge in [-0.3, -0.25) is 14.1 Å². The molecule has 1 aliphatic heterocycles. The Hall–Kier alpha value is -2.36. The molecule has 2 aromatic carbocycles. The first-order valence-corrected chi connectivity index (χ1v) is 13.7. The average Bonchev–Trinajstić information content (AvgIpc) is 2.77. The van der Waals surface area contributed by atoms with Crippen LogP contribution in [-0.4, -0.2) is 36.6 Å². The van der Waals surface area contributed by atoms with Crippen molar-refractivity contribution in [3.63, 3.8) is 0 Å². The van der Waals surface area contributed by atoms with Crippen molar-refractivity contribution < 1.29 is 18.3 Å². The number of hydrogen-bond donors (Lipinski definition) is 2. The number of pyridine rings is 1. The monoisotopic (exact) mass is 567 g/mol. The van der Waals surface area contributed by atoms with Crippen molar-refractivity contribution in [3.8, 4) is 0 Å². The molecule has 0 radical (unpaired) electrons. The molecule has 4 rings (SSSR count). The zero-order valence-electron chi connectivity index (χ0n) is 19.5. The zero-order valence-corrected chi connectivity index (χ0v) is 22.6. The summed E-state index contributed by atoms with van der Waals surface area (Å²) in [5.74, 6) is -0.728. The lowest BCUT2D eigenvalue weighted by Gasteiger charge is -2.37. The first kappa shape index (κ1) is 26.7. The fourth-order valence-corrected chi connectivity index (χ4v) is 6.76. The van der Waals surface area contributed by atoms with E-state index >= 15 is 0 Å². The lowest BCUT2D eigenvalue weighted by molar-refractivity contribution is 0.0532. The highest BCUT2D eigenvalue weighted by molar-refractivity contribution is 7.92. The van der Waals surface area contributed by atoms with Gasteiger partial charge in [-0.25, -0.2) is 8.42 Å². The van der Waals surface area contributed by atoms with Crippen molar-refractivity contribution in [2.24, 2.45) is 5.92 Å². The number of halogens is 3. The van der Waals surface area contributed by atoms with Gasteiger partial charge in [0.15, 0.2) is 0 Å². The molecule has 3 aromatic rings. The molecule has 7 nitrogen and oxygen atoms in total. The Labute approximate surface area is 225 Å². The fourth-order valence-electron chi connectivity index (χ4n) is 4.33. The quantitative estimate of drug-likeness (QED) is 0.390. The van der Waals surface area contributed by atoms with Crippen LogP contribution in [-0.2, 0) is 16.4 Å². The van der Waals surface area contributed by atoms with Gasteiger partial charge in [0, 0.05) is 11.6 Å². The number of amides is 1. The number of sulfonamides is 1. The Morgan fingerprint density at radius 3 is 2.44 bits per heavy atom. The number of hydrogen-bond acceptors (Lipinski definition) is 5. The summed E-state index contributed by atoms with van der Waals surface area (Å²) in [5.41, 5.74) is 0.268. The van der Waals surface area contributed by atoms with Gasteiger partial charge in [-0.2, -0.15) is 0 Å². The largest absolute Gasteiger partial charge is 0.390 e. The van der Waals surface area contributed by atoms with Gasteiger partial charge in [-0.05, 0) is 69.0 Å². The lowest BCUT2D eigenvalue weighted by atomic mass is 9.87. The van der Waals surface area contributed by atoms with Crippen molar-refractivity contribution in [2.75, 3.05) is 16.2 Å². The van der Waals surface area contributed by atoms with E-state index in [1.165, 1.54) is 22.6 Å². The van der Waals surface area contributed by atoms with E-state index < -0.39 is 21.5 Å². The van der Waals surface area contributed by atoms with Gasteiger partial charge in [0.05, 0.1) is 49.4 Å². The van der Waals surface area contributed by atoms with Crippen LogP contribution in [0.2, 0.25) is 15.1 Å². The first-order valence-electron chi connectivity index (χ1n) is 11.1. The molecule has 0 saturated heterocycles. The summed E-state index contributed by atoms with van der Waals surface area (Å²) in [6.07, 6.45) is 2.29. The molecular weight excluding hydrogens is 545 g/mol. The van der Waals surface area contributed by atoms with Crippen LogP contribution in [0.25, 0.3) is 0 Å². The van der Waals surface area contributed by atoms with E-state index in [0.717, 1.165) is 0 Å². The molecule has 2 N–H and O–H groups in total. The van der Waals surface area contributed by atoms with Gasteiger partial charge in [0.2, 0.25) is 0 Å². The molecule has 1 aliphatic rings. The SMILES string of the molecule is CC(C)(O)CC1Cc2ncc(NC(=O)c3c(Cl)cccc3Cl)cc2N(S(=O)(=O)c2cccc(Cl)c2)C1. The summed E-state index contributed by atoms with van der Waals surface area (Å²) in [4.78, 5) is 17.4. The maximum absolute atomic E-state index is 13.7. The number of rotatable bonds is 6. The van der Waals surface area contributed by atoms with Crippen molar-refractivity contribution in [1.82, 2.24) is 4.98 Å². The predicted molar refractivity (Wildman–Crippen MR) is 143 cm³/mol. The number of benzene rings is 2. The number of carbonyl (C=O) groups excluding carboxylic acids is 1. The Morgan fingerprint density at radius 1 is 1.14 bits per heavy atom. The second kappa shape index (κ2) is 10.2. The molecule has 190 valence electrons. The summed E-state index contributed by atoms with van der Waals surface area (Å²) >= 11 is 18.4. The van der Waals surface area contributed by atoms with Crippen molar-refractivity contribution in [3.05, 3.63) is 81.1 Å². The van der Waals surface area contributed by atoms with Crippen LogP contribution in [0.5, 0.6) is 0 Å². The van der Waals surface area contributed by atoms with Crippen molar-refractivity contribution in [1.29, 1.82) is 0 Å². The number of carbonyl (C=O) groups is 1. The van der Waals surface area contributed by atoms with Crippen LogP contribution in [0, 0.1) is 5.92 Å². The van der Waals surface area contributed by atoms with Crippen LogP contribution in [0.1, 0.15) is 36.3 Å². The Morgan fingerprint density at radius 2 is 1.81 bits per heavy atom. The molecule has 1 unspecified atom stereocenters. The van der Waals surface area contributed by atoms with Gasteiger partial charge >= 0.3 is 0 Å². The van der Waals surface area contributed by atoms with Crippen molar-refractivity contribution in [2.45, 2.75) is 37.2 Å². The van der Waals surface area contributed by atoms with Gasteiger partial charge in [-0.1, -0.05) is 46.9 Å². The second-order valence-electron chi connectivity index (χ2n) is 9.32. The van der Waals surface area contributed by atoms with Gasteiger partial charge in [0.25, 0.3) is 15.9 Å². The third-order valence-corrected chi connectivity index (χ3v) is 8.38. The standard InChI is InChI=1S/C25H24Cl3N3O4S/c1-25(2,33)12-15-9-21-22(31(14-15)36(34,35)18-6-3-5-16(26)10-18)11-17(13-29-21)30-24(32)23-19(27)7-4-8-20(23)28/h3-8,10-11,13,15,33H,9,12,14H2,1-2H3,(H,30,32). The third kappa shape index (κ3) is 5.79. The summed E-state index contributed by atoms with van der Waals surface area (Å²) in [7, 11) is -4.02. The van der Waals surface area contributed by atoms with Crippen molar-refractivity contribution >= 4 is 62.1 Å². The highest BCUT2D eigenvalue weighted by Crippen LogP contribution is 2.37. The summed E-state index contributed by atoms with van der Waals surface area (Å²) < 4.78 is 28.7. The molecule has 36 heavy (non-hydrogen) atoms. The van der Waals surface area contributed by atoms with E-state index in [0.29, 0.717) is 24.2 Å². The number of nitrogens with zero attached hydrogens (tertiary/aromatic N) is 2. The van der Waals surface area contributed by atoms with E-state index in [1.807, 2.05) is 0 Å². The lowest BCUT2D eigenvalue weighted by Crippen LogP contribution is -2.42. The Bertz CT molecular complexity index is 1400. The molecule has 11 heteroatoms. The Balaban J connectivity index is 1.74. The van der Waals surface area contributed by atoms with E-state index in [2.05, 4.69) is 10.3 Å². The molecule has 0 fully saturated rings. The van der Waals surface area contributed by atoms with E-state index in [-0.39, 0.29) is 43.7 Å². The van der Waals surface area contributed by atoms with Crippen LogP contribution < -0.4 is 9.62 Å². The minimum Gasteiger partial charge on any atom is -0.390 e. The second-order valence-corrected chi connectivity index (χ2v) is 12.4. The third-order valence-electron chi connectivity index (χ3n) is 5.74. The first-order chi connectivity index (χ1) is 16.8. The molecular formula is C25H24Cl3N3O4S. The van der Waals surface area contributed by atoms with Gasteiger partial charge in [0.1, 0.15) is 0 Å². The summed E-state index contributed by atoms with van der Waals surface area (Å²) in [5, 5.41) is 13.7. The smallest absolute Gasteiger partial charge is 0.264 e. The van der Waals surface area contributed by atoms with E-state index in [1.54, 1.807) is 50.2 Å². The number of aromatic nitrogens is 1. The van der Waals surface area contributed by atoms with Gasteiger partial charge < -0.3 is 10.4 Å². The van der Waals surface area contributed by atoms with Crippen LogP contribution in [0.15, 0.2) is 59.6 Å². The molecule has 1 aromatic heterocycles. The molecule has 0 aliphatic carbocycles. The van der Waals surface area contributed by atoms with E-state index in [9.17, 15) is 18.3 Å². The summed E-state index contributed by atoms with van der Waals surface area (Å²) in [6.45, 7) is 3.50. The van der Waals surface area contributed by atoms with Crippen LogP contribution in [0.3, 0.4) is 0 Å². The molecule has 0 bridgehead atoms. The highest BCUT2D eigenvalue weighted by Gasteiger charge is 2.36. The normalized spacial score (nSPS) is 15.9. The maximum atomic E-state index is 13.7. The minimum absolute atomic E-state index is 0.0298.